The number of pyridine rings is 1. The van der Waals surface area contributed by atoms with E-state index in [0.717, 1.165) is 12.8 Å². The van der Waals surface area contributed by atoms with Gasteiger partial charge in [-0.2, -0.15) is 0 Å². The molecule has 3 N–H and O–H groups in total. The average molecular weight is 251 g/mol. The quantitative estimate of drug-likeness (QED) is 0.751. The predicted octanol–water partition coefficient (Wildman–Crippen LogP) is -0.586. The molecule has 6 heteroatoms. The number of aliphatic hydroxyl groups excluding tert-OH is 1. The summed E-state index contributed by atoms with van der Waals surface area (Å²) >= 11 is 0. The van der Waals surface area contributed by atoms with Crippen LogP contribution in [-0.4, -0.2) is 39.7 Å². The number of nitrogens with zero attached hydrogens (tertiary/aromatic N) is 2. The molecule has 0 bridgehead atoms. The highest BCUT2D eigenvalue weighted by atomic mass is 16.3. The van der Waals surface area contributed by atoms with Crippen molar-refractivity contribution in [1.82, 2.24) is 9.47 Å². The number of rotatable bonds is 3. The molecule has 1 fully saturated rings. The molecule has 2 rings (SSSR count). The predicted molar refractivity (Wildman–Crippen MR) is 66.9 cm³/mol. The first-order valence-corrected chi connectivity index (χ1v) is 5.98. The van der Waals surface area contributed by atoms with Gasteiger partial charge in [0.1, 0.15) is 6.54 Å². The maximum atomic E-state index is 12.1. The van der Waals surface area contributed by atoms with E-state index in [1.165, 1.54) is 22.9 Å². The lowest BCUT2D eigenvalue weighted by Gasteiger charge is -2.23. The molecule has 0 aliphatic carbocycles. The fraction of sp³-hybridized carbons (Fsp3) is 0.500. The summed E-state index contributed by atoms with van der Waals surface area (Å²) in [5, 5.41) is 9.17. The topological polar surface area (TPSA) is 88.6 Å². The smallest absolute Gasteiger partial charge is 0.251 e. The summed E-state index contributed by atoms with van der Waals surface area (Å²) in [6.07, 6.45) is 3.17. The average Bonchev–Trinajstić information content (AvgIpc) is 2.82. The van der Waals surface area contributed by atoms with Crippen LogP contribution in [0.2, 0.25) is 0 Å². The number of aliphatic hydroxyl groups is 1. The summed E-state index contributed by atoms with van der Waals surface area (Å²) in [6, 6.07) is 2.74. The van der Waals surface area contributed by atoms with Gasteiger partial charge in [-0.25, -0.2) is 0 Å². The minimum atomic E-state index is -0.253. The van der Waals surface area contributed by atoms with Crippen LogP contribution >= 0.6 is 0 Å². The van der Waals surface area contributed by atoms with Crippen LogP contribution in [0.3, 0.4) is 0 Å². The van der Waals surface area contributed by atoms with E-state index < -0.39 is 0 Å². The largest absolute Gasteiger partial charge is 0.398 e. The first kappa shape index (κ1) is 12.6. The molecule has 1 amide bonds. The number of aromatic nitrogens is 1. The number of carbonyl (C=O) groups excluding carboxylic acids is 1. The van der Waals surface area contributed by atoms with Crippen LogP contribution in [0.25, 0.3) is 0 Å². The van der Waals surface area contributed by atoms with Crippen LogP contribution in [-0.2, 0) is 11.3 Å². The highest BCUT2D eigenvalue weighted by Crippen LogP contribution is 2.16. The number of hydrogen-bond donors (Lipinski definition) is 2. The van der Waals surface area contributed by atoms with E-state index in [2.05, 4.69) is 0 Å². The Morgan fingerprint density at radius 2 is 2.28 bits per heavy atom. The zero-order chi connectivity index (χ0) is 13.1. The summed E-state index contributed by atoms with van der Waals surface area (Å²) in [5.41, 5.74) is 5.78. The van der Waals surface area contributed by atoms with E-state index >= 15 is 0 Å². The maximum Gasteiger partial charge on any atom is 0.251 e. The van der Waals surface area contributed by atoms with Crippen molar-refractivity contribution in [3.8, 4) is 0 Å². The Balaban J connectivity index is 2.11. The van der Waals surface area contributed by atoms with Crippen LogP contribution in [0.1, 0.15) is 12.8 Å². The van der Waals surface area contributed by atoms with E-state index in [-0.39, 0.29) is 30.7 Å². The Labute approximate surface area is 105 Å². The van der Waals surface area contributed by atoms with Crippen LogP contribution in [0, 0.1) is 0 Å². The highest BCUT2D eigenvalue weighted by molar-refractivity contribution is 5.76. The second-order valence-corrected chi connectivity index (χ2v) is 4.49. The van der Waals surface area contributed by atoms with Crippen LogP contribution in [0.15, 0.2) is 23.1 Å². The van der Waals surface area contributed by atoms with Gasteiger partial charge in [0.15, 0.2) is 0 Å². The zero-order valence-corrected chi connectivity index (χ0v) is 10.1. The third-order valence-corrected chi connectivity index (χ3v) is 3.22. The Hall–Kier alpha value is -1.82. The minimum Gasteiger partial charge on any atom is -0.398 e. The third kappa shape index (κ3) is 2.53. The molecular formula is C12H17N3O3. The van der Waals surface area contributed by atoms with Crippen LogP contribution < -0.4 is 11.3 Å². The zero-order valence-electron chi connectivity index (χ0n) is 10.1. The molecule has 0 radical (unpaired) electrons. The molecule has 1 aromatic rings. The van der Waals surface area contributed by atoms with Crippen molar-refractivity contribution in [2.45, 2.75) is 25.4 Å². The molecule has 0 aromatic carbocycles. The van der Waals surface area contributed by atoms with Crippen molar-refractivity contribution in [1.29, 1.82) is 0 Å². The van der Waals surface area contributed by atoms with Crippen LogP contribution in [0.5, 0.6) is 0 Å². The molecular weight excluding hydrogens is 234 g/mol. The van der Waals surface area contributed by atoms with Gasteiger partial charge in [-0.15, -0.1) is 0 Å². The Bertz CT molecular complexity index is 498. The monoisotopic (exact) mass is 251 g/mol. The number of hydrogen-bond acceptors (Lipinski definition) is 4. The molecule has 0 unspecified atom stereocenters. The number of likely N-dealkylation sites (tertiary alicyclic amines) is 1. The van der Waals surface area contributed by atoms with Crippen molar-refractivity contribution >= 4 is 11.6 Å². The van der Waals surface area contributed by atoms with Gasteiger partial charge in [0.25, 0.3) is 5.56 Å². The van der Waals surface area contributed by atoms with E-state index in [1.54, 1.807) is 4.90 Å². The fourth-order valence-corrected chi connectivity index (χ4v) is 2.26. The third-order valence-electron chi connectivity index (χ3n) is 3.22. The Morgan fingerprint density at radius 1 is 1.50 bits per heavy atom. The molecule has 1 atom stereocenters. The molecule has 0 saturated carbocycles. The van der Waals surface area contributed by atoms with Gasteiger partial charge in [0.2, 0.25) is 5.91 Å². The lowest BCUT2D eigenvalue weighted by Crippen LogP contribution is -2.41. The van der Waals surface area contributed by atoms with Gasteiger partial charge in [-0.3, -0.25) is 9.59 Å². The molecule has 0 spiro atoms. The molecule has 1 aliphatic rings. The minimum absolute atomic E-state index is 0.0274. The molecule has 98 valence electrons. The van der Waals surface area contributed by atoms with E-state index in [9.17, 15) is 9.59 Å². The SMILES string of the molecule is Nc1ccc(=O)n(CC(=O)N2CCC[C@@H]2CO)c1. The number of carbonyl (C=O) groups is 1. The van der Waals surface area contributed by atoms with Gasteiger partial charge in [-0.1, -0.05) is 0 Å². The first-order valence-electron chi connectivity index (χ1n) is 5.98. The van der Waals surface area contributed by atoms with Crippen molar-refractivity contribution in [3.05, 3.63) is 28.7 Å². The maximum absolute atomic E-state index is 12.1. The summed E-state index contributed by atoms with van der Waals surface area (Å²) in [4.78, 5) is 25.3. The van der Waals surface area contributed by atoms with Crippen molar-refractivity contribution in [2.24, 2.45) is 0 Å². The number of nitrogen functional groups attached to an aromatic ring is 1. The molecule has 2 heterocycles. The molecule has 1 saturated heterocycles. The van der Waals surface area contributed by atoms with Crippen LogP contribution in [0.4, 0.5) is 5.69 Å². The van der Waals surface area contributed by atoms with Gasteiger partial charge in [0.05, 0.1) is 12.6 Å². The molecule has 1 aromatic heterocycles. The molecule has 6 nitrogen and oxygen atoms in total. The Morgan fingerprint density at radius 3 is 3.00 bits per heavy atom. The van der Waals surface area contributed by atoms with Crippen molar-refractivity contribution < 1.29 is 9.90 Å². The standard InChI is InChI=1S/C12H17N3O3/c13-9-3-4-11(17)14(6-9)7-12(18)15-5-1-2-10(15)8-16/h3-4,6,10,16H,1-2,5,7-8,13H2/t10-/m1/s1. The normalized spacial score (nSPS) is 19.2. The van der Waals surface area contributed by atoms with Crippen molar-refractivity contribution in [2.75, 3.05) is 18.9 Å². The number of amides is 1. The molecule has 18 heavy (non-hydrogen) atoms. The van der Waals surface area contributed by atoms with Crippen molar-refractivity contribution in [3.63, 3.8) is 0 Å². The van der Waals surface area contributed by atoms with Gasteiger partial charge in [-0.05, 0) is 18.9 Å². The van der Waals surface area contributed by atoms with E-state index in [1.807, 2.05) is 0 Å². The highest BCUT2D eigenvalue weighted by Gasteiger charge is 2.27. The van der Waals surface area contributed by atoms with Gasteiger partial charge < -0.3 is 20.3 Å². The summed E-state index contributed by atoms with van der Waals surface area (Å²) < 4.78 is 1.30. The fourth-order valence-electron chi connectivity index (χ4n) is 2.26. The lowest BCUT2D eigenvalue weighted by molar-refractivity contribution is -0.133. The first-order chi connectivity index (χ1) is 8.61. The van der Waals surface area contributed by atoms with Gasteiger partial charge in [0, 0.05) is 24.5 Å². The van der Waals surface area contributed by atoms with Gasteiger partial charge >= 0.3 is 0 Å². The summed E-state index contributed by atoms with van der Waals surface area (Å²) in [6.45, 7) is 0.582. The number of anilines is 1. The molecule has 1 aliphatic heterocycles. The van der Waals surface area contributed by atoms with E-state index in [4.69, 9.17) is 10.8 Å². The summed E-state index contributed by atoms with van der Waals surface area (Å²) in [5.74, 6) is -0.153. The lowest BCUT2D eigenvalue weighted by atomic mass is 10.2. The summed E-state index contributed by atoms with van der Waals surface area (Å²) in [7, 11) is 0. The second-order valence-electron chi connectivity index (χ2n) is 4.49. The Kier molecular flexibility index (Phi) is 3.66. The number of nitrogens with two attached hydrogens (primary N) is 1. The van der Waals surface area contributed by atoms with E-state index in [0.29, 0.717) is 12.2 Å². The second kappa shape index (κ2) is 5.22.